The lowest BCUT2D eigenvalue weighted by Crippen LogP contribution is -2.31. The molecule has 0 aromatic carbocycles. The first-order valence-corrected chi connectivity index (χ1v) is 6.69. The lowest BCUT2D eigenvalue weighted by atomic mass is 10.1. The molecule has 0 aliphatic heterocycles. The van der Waals surface area contributed by atoms with Crippen molar-refractivity contribution in [2.75, 3.05) is 20.6 Å². The van der Waals surface area contributed by atoms with Crippen molar-refractivity contribution in [1.82, 2.24) is 15.2 Å². The smallest absolute Gasteiger partial charge is 0.0798 e. The van der Waals surface area contributed by atoms with Crippen LogP contribution in [-0.2, 0) is 0 Å². The van der Waals surface area contributed by atoms with Crippen molar-refractivity contribution in [3.8, 4) is 0 Å². The molecule has 16 heavy (non-hydrogen) atoms. The summed E-state index contributed by atoms with van der Waals surface area (Å²) in [6, 6.07) is 0.948. The standard InChI is InChI=1S/C12H23N3S/c1-9(6-7-15(4)5)14-11(3)12-10(2)13-8-16-12/h8-9,11,14H,6-7H2,1-5H3. The van der Waals surface area contributed by atoms with E-state index in [1.165, 1.54) is 11.3 Å². The summed E-state index contributed by atoms with van der Waals surface area (Å²) >= 11 is 1.74. The molecule has 0 saturated carbocycles. The minimum Gasteiger partial charge on any atom is -0.309 e. The average molecular weight is 241 g/mol. The first-order valence-electron chi connectivity index (χ1n) is 5.81. The predicted molar refractivity (Wildman–Crippen MR) is 71.0 cm³/mol. The SMILES string of the molecule is Cc1ncsc1C(C)NC(C)CCN(C)C. The zero-order chi connectivity index (χ0) is 12.1. The van der Waals surface area contributed by atoms with Crippen LogP contribution < -0.4 is 5.32 Å². The van der Waals surface area contributed by atoms with Crippen LogP contribution in [-0.4, -0.2) is 36.6 Å². The lowest BCUT2D eigenvalue weighted by Gasteiger charge is -2.21. The van der Waals surface area contributed by atoms with E-state index in [-0.39, 0.29) is 0 Å². The molecule has 2 unspecified atom stereocenters. The van der Waals surface area contributed by atoms with Gasteiger partial charge >= 0.3 is 0 Å². The highest BCUT2D eigenvalue weighted by Crippen LogP contribution is 2.21. The molecule has 0 bridgehead atoms. The molecule has 0 aliphatic carbocycles. The molecule has 1 heterocycles. The van der Waals surface area contributed by atoms with Gasteiger partial charge in [0, 0.05) is 17.0 Å². The maximum Gasteiger partial charge on any atom is 0.0798 e. The van der Waals surface area contributed by atoms with Gasteiger partial charge in [0.25, 0.3) is 0 Å². The summed E-state index contributed by atoms with van der Waals surface area (Å²) in [4.78, 5) is 7.87. The molecule has 92 valence electrons. The monoisotopic (exact) mass is 241 g/mol. The van der Waals surface area contributed by atoms with Crippen molar-refractivity contribution in [2.24, 2.45) is 0 Å². The number of nitrogens with one attached hydrogen (secondary N) is 1. The Morgan fingerprint density at radius 3 is 2.62 bits per heavy atom. The molecule has 2 atom stereocenters. The minimum atomic E-state index is 0.407. The van der Waals surface area contributed by atoms with Gasteiger partial charge in [-0.3, -0.25) is 0 Å². The topological polar surface area (TPSA) is 28.2 Å². The molecule has 0 radical (unpaired) electrons. The van der Waals surface area contributed by atoms with Gasteiger partial charge in [-0.2, -0.15) is 0 Å². The molecular weight excluding hydrogens is 218 g/mol. The molecule has 1 aromatic heterocycles. The third kappa shape index (κ3) is 4.20. The van der Waals surface area contributed by atoms with Crippen molar-refractivity contribution in [3.05, 3.63) is 16.1 Å². The lowest BCUT2D eigenvalue weighted by molar-refractivity contribution is 0.355. The summed E-state index contributed by atoms with van der Waals surface area (Å²) in [5, 5.41) is 3.62. The van der Waals surface area contributed by atoms with Crippen LogP contribution >= 0.6 is 11.3 Å². The van der Waals surface area contributed by atoms with E-state index in [9.17, 15) is 0 Å². The van der Waals surface area contributed by atoms with Crippen molar-refractivity contribution in [2.45, 2.75) is 39.3 Å². The minimum absolute atomic E-state index is 0.407. The Morgan fingerprint density at radius 1 is 1.44 bits per heavy atom. The van der Waals surface area contributed by atoms with Crippen molar-refractivity contribution in [1.29, 1.82) is 0 Å². The van der Waals surface area contributed by atoms with E-state index in [2.05, 4.69) is 50.1 Å². The second kappa shape index (κ2) is 6.33. The van der Waals surface area contributed by atoms with Gasteiger partial charge in [0.2, 0.25) is 0 Å². The normalized spacial score (nSPS) is 15.4. The fourth-order valence-electron chi connectivity index (χ4n) is 1.76. The number of nitrogens with zero attached hydrogens (tertiary/aromatic N) is 2. The van der Waals surface area contributed by atoms with Crippen LogP contribution in [0.15, 0.2) is 5.51 Å². The van der Waals surface area contributed by atoms with E-state index in [4.69, 9.17) is 0 Å². The number of thiazole rings is 1. The van der Waals surface area contributed by atoms with Crippen LogP contribution in [0.25, 0.3) is 0 Å². The molecule has 1 N–H and O–H groups in total. The molecule has 0 fully saturated rings. The average Bonchev–Trinajstić information content (AvgIpc) is 2.61. The Balaban J connectivity index is 2.39. The third-order valence-electron chi connectivity index (χ3n) is 2.72. The summed E-state index contributed by atoms with van der Waals surface area (Å²) in [6.45, 7) is 7.67. The van der Waals surface area contributed by atoms with Crippen LogP contribution in [0.2, 0.25) is 0 Å². The van der Waals surface area contributed by atoms with Gasteiger partial charge in [-0.25, -0.2) is 4.98 Å². The van der Waals surface area contributed by atoms with Crippen molar-refractivity contribution < 1.29 is 0 Å². The Kier molecular flexibility index (Phi) is 5.38. The van der Waals surface area contributed by atoms with Crippen LogP contribution in [0, 0.1) is 6.92 Å². The second-order valence-electron chi connectivity index (χ2n) is 4.68. The van der Waals surface area contributed by atoms with Crippen molar-refractivity contribution >= 4 is 11.3 Å². The fourth-order valence-corrected chi connectivity index (χ4v) is 2.58. The van der Waals surface area contributed by atoms with E-state index >= 15 is 0 Å². The summed E-state index contributed by atoms with van der Waals surface area (Å²) < 4.78 is 0. The Labute approximate surface area is 103 Å². The Hall–Kier alpha value is -0.450. The molecule has 0 spiro atoms. The van der Waals surface area contributed by atoms with Crippen LogP contribution in [0.4, 0.5) is 0 Å². The predicted octanol–water partition coefficient (Wildman–Crippen LogP) is 2.44. The van der Waals surface area contributed by atoms with Gasteiger partial charge in [-0.1, -0.05) is 0 Å². The maximum atomic E-state index is 4.29. The maximum absolute atomic E-state index is 4.29. The van der Waals surface area contributed by atoms with Crippen LogP contribution in [0.5, 0.6) is 0 Å². The largest absolute Gasteiger partial charge is 0.309 e. The first-order chi connectivity index (χ1) is 7.50. The second-order valence-corrected chi connectivity index (χ2v) is 5.57. The third-order valence-corrected chi connectivity index (χ3v) is 3.83. The molecule has 0 saturated heterocycles. The highest BCUT2D eigenvalue weighted by molar-refractivity contribution is 7.09. The van der Waals surface area contributed by atoms with Gasteiger partial charge in [-0.05, 0) is 47.8 Å². The van der Waals surface area contributed by atoms with E-state index < -0.39 is 0 Å². The van der Waals surface area contributed by atoms with Crippen LogP contribution in [0.3, 0.4) is 0 Å². The van der Waals surface area contributed by atoms with Crippen molar-refractivity contribution in [3.63, 3.8) is 0 Å². The number of rotatable bonds is 6. The molecule has 1 aromatic rings. The molecule has 3 nitrogen and oxygen atoms in total. The van der Waals surface area contributed by atoms with E-state index in [0.717, 1.165) is 12.2 Å². The fraction of sp³-hybridized carbons (Fsp3) is 0.750. The molecule has 4 heteroatoms. The molecular formula is C12H23N3S. The number of hydrogen-bond donors (Lipinski definition) is 1. The van der Waals surface area contributed by atoms with E-state index in [1.54, 1.807) is 11.3 Å². The summed E-state index contributed by atoms with van der Waals surface area (Å²) in [7, 11) is 4.23. The zero-order valence-corrected chi connectivity index (χ0v) is 11.8. The molecule has 0 aliphatic rings. The Morgan fingerprint density at radius 2 is 2.12 bits per heavy atom. The van der Waals surface area contributed by atoms with Gasteiger partial charge in [0.15, 0.2) is 0 Å². The zero-order valence-electron chi connectivity index (χ0n) is 10.9. The highest BCUT2D eigenvalue weighted by Gasteiger charge is 2.13. The van der Waals surface area contributed by atoms with Gasteiger partial charge in [0.05, 0.1) is 11.2 Å². The molecule has 1 rings (SSSR count). The Bertz CT molecular complexity index is 309. The number of aryl methyl sites for hydroxylation is 1. The molecule has 0 amide bonds. The van der Waals surface area contributed by atoms with Gasteiger partial charge < -0.3 is 10.2 Å². The number of hydrogen-bond acceptors (Lipinski definition) is 4. The quantitative estimate of drug-likeness (QED) is 0.829. The highest BCUT2D eigenvalue weighted by atomic mass is 32.1. The first kappa shape index (κ1) is 13.6. The van der Waals surface area contributed by atoms with Crippen LogP contribution in [0.1, 0.15) is 36.9 Å². The van der Waals surface area contributed by atoms with Gasteiger partial charge in [-0.15, -0.1) is 11.3 Å². The number of aromatic nitrogens is 1. The summed E-state index contributed by atoms with van der Waals surface area (Å²) in [6.07, 6.45) is 1.18. The summed E-state index contributed by atoms with van der Waals surface area (Å²) in [5.74, 6) is 0. The van der Waals surface area contributed by atoms with E-state index in [1.807, 2.05) is 5.51 Å². The van der Waals surface area contributed by atoms with Gasteiger partial charge in [0.1, 0.15) is 0 Å². The van der Waals surface area contributed by atoms with E-state index in [0.29, 0.717) is 12.1 Å². The summed E-state index contributed by atoms with van der Waals surface area (Å²) in [5.41, 5.74) is 3.08.